The summed E-state index contributed by atoms with van der Waals surface area (Å²) in [5, 5.41) is 14.2. The van der Waals surface area contributed by atoms with Gasteiger partial charge in [0.05, 0.1) is 18.8 Å². The van der Waals surface area contributed by atoms with Gasteiger partial charge in [-0.25, -0.2) is 9.78 Å². The minimum absolute atomic E-state index is 0.0877. The number of amides is 4. The van der Waals surface area contributed by atoms with Gasteiger partial charge in [-0.15, -0.1) is 0 Å². The molecule has 1 aromatic rings. The molecule has 4 amide bonds. The minimum Gasteiger partial charge on any atom is -0.480 e. The number of carbonyl (C=O) groups excluding carboxylic acids is 4. The van der Waals surface area contributed by atoms with Crippen molar-refractivity contribution < 1.29 is 29.1 Å². The molecule has 2 rings (SSSR count). The highest BCUT2D eigenvalue weighted by molar-refractivity contribution is 5.95. The van der Waals surface area contributed by atoms with Crippen LogP contribution in [0.25, 0.3) is 0 Å². The van der Waals surface area contributed by atoms with Crippen LogP contribution in [0.4, 0.5) is 0 Å². The van der Waals surface area contributed by atoms with Crippen LogP contribution >= 0.6 is 0 Å². The average Bonchev–Trinajstić information content (AvgIpc) is 3.49. The Morgan fingerprint density at radius 1 is 1.20 bits per heavy atom. The number of nitrogens with two attached hydrogens (primary N) is 3. The standard InChI is InChI=1S/C21H34N8O6/c22-6-2-1-4-13(23)18(31)27-14(8-12-10-25-11-26-12)20(33)29-7-3-5-16(29)19(32)28-15(21(34)35)9-17(24)30/h10-11,13-16H,1-9,22-23H2,(H2,24,30)(H,25,26)(H,27,31)(H,28,32)(H,34,35). The molecule has 1 aliphatic heterocycles. The fraction of sp³-hybridized carbons (Fsp3) is 0.619. The Morgan fingerprint density at radius 3 is 2.54 bits per heavy atom. The Balaban J connectivity index is 2.14. The summed E-state index contributed by atoms with van der Waals surface area (Å²) in [7, 11) is 0. The van der Waals surface area contributed by atoms with Crippen molar-refractivity contribution in [2.24, 2.45) is 17.2 Å². The third kappa shape index (κ3) is 8.33. The van der Waals surface area contributed by atoms with Gasteiger partial charge < -0.3 is 42.8 Å². The number of carboxylic acids is 1. The normalized spacial score (nSPS) is 17.9. The van der Waals surface area contributed by atoms with Gasteiger partial charge in [0.1, 0.15) is 18.1 Å². The van der Waals surface area contributed by atoms with Gasteiger partial charge in [-0.1, -0.05) is 6.42 Å². The molecule has 2 heterocycles. The number of aromatic amines is 1. The van der Waals surface area contributed by atoms with E-state index < -0.39 is 60.2 Å². The van der Waals surface area contributed by atoms with Crippen molar-refractivity contribution in [3.8, 4) is 0 Å². The van der Waals surface area contributed by atoms with Crippen LogP contribution in [0.2, 0.25) is 0 Å². The van der Waals surface area contributed by atoms with Crippen LogP contribution < -0.4 is 27.8 Å². The van der Waals surface area contributed by atoms with Gasteiger partial charge in [-0.2, -0.15) is 0 Å². The molecule has 1 aromatic heterocycles. The van der Waals surface area contributed by atoms with Gasteiger partial charge >= 0.3 is 5.97 Å². The van der Waals surface area contributed by atoms with E-state index in [-0.39, 0.29) is 13.0 Å². The summed E-state index contributed by atoms with van der Waals surface area (Å²) in [4.78, 5) is 69.6. The number of rotatable bonds is 14. The molecule has 1 saturated heterocycles. The highest BCUT2D eigenvalue weighted by atomic mass is 16.4. The van der Waals surface area contributed by atoms with E-state index in [2.05, 4.69) is 20.6 Å². The topological polar surface area (TPSA) is 240 Å². The van der Waals surface area contributed by atoms with E-state index >= 15 is 0 Å². The summed E-state index contributed by atoms with van der Waals surface area (Å²) in [6.07, 6.45) is 5.04. The van der Waals surface area contributed by atoms with Crippen LogP contribution in [0.3, 0.4) is 0 Å². The molecular formula is C21H34N8O6. The summed E-state index contributed by atoms with van der Waals surface area (Å²) in [6.45, 7) is 0.720. The van der Waals surface area contributed by atoms with Crippen molar-refractivity contribution in [2.75, 3.05) is 13.1 Å². The molecule has 0 spiro atoms. The Hall–Kier alpha value is -3.52. The van der Waals surface area contributed by atoms with Crippen molar-refractivity contribution in [3.05, 3.63) is 18.2 Å². The van der Waals surface area contributed by atoms with Crippen molar-refractivity contribution in [1.82, 2.24) is 25.5 Å². The third-order valence-electron chi connectivity index (χ3n) is 5.76. The molecule has 4 atom stereocenters. The lowest BCUT2D eigenvalue weighted by Gasteiger charge is -2.29. The predicted molar refractivity (Wildman–Crippen MR) is 123 cm³/mol. The maximum absolute atomic E-state index is 13.5. The van der Waals surface area contributed by atoms with Crippen molar-refractivity contribution in [3.63, 3.8) is 0 Å². The number of carbonyl (C=O) groups is 5. The predicted octanol–water partition coefficient (Wildman–Crippen LogP) is -2.67. The lowest BCUT2D eigenvalue weighted by molar-refractivity contribution is -0.145. The largest absolute Gasteiger partial charge is 0.480 e. The number of nitrogens with one attached hydrogen (secondary N) is 3. The molecule has 0 aliphatic carbocycles. The van der Waals surface area contributed by atoms with Crippen LogP contribution in [0.5, 0.6) is 0 Å². The first-order valence-electron chi connectivity index (χ1n) is 11.5. The number of hydrogen-bond acceptors (Lipinski definition) is 8. The Morgan fingerprint density at radius 2 is 1.94 bits per heavy atom. The minimum atomic E-state index is -1.51. The Kier molecular flexibility index (Phi) is 10.6. The Labute approximate surface area is 202 Å². The first-order chi connectivity index (χ1) is 16.6. The first kappa shape index (κ1) is 27.7. The zero-order valence-corrected chi connectivity index (χ0v) is 19.4. The van der Waals surface area contributed by atoms with Gasteiger partial charge in [0, 0.05) is 24.9 Å². The number of unbranched alkanes of at least 4 members (excludes halogenated alkanes) is 1. The summed E-state index contributed by atoms with van der Waals surface area (Å²) < 4.78 is 0. The van der Waals surface area contributed by atoms with Gasteiger partial charge in [-0.3, -0.25) is 19.2 Å². The molecule has 0 saturated carbocycles. The van der Waals surface area contributed by atoms with Crippen molar-refractivity contribution in [1.29, 1.82) is 0 Å². The molecule has 0 radical (unpaired) electrons. The number of carboxylic acid groups (broad SMARTS) is 1. The average molecular weight is 495 g/mol. The van der Waals surface area contributed by atoms with Gasteiger partial charge in [0.2, 0.25) is 23.6 Å². The second-order valence-corrected chi connectivity index (χ2v) is 8.49. The van der Waals surface area contributed by atoms with E-state index in [0.29, 0.717) is 37.9 Å². The number of aliphatic carboxylic acids is 1. The summed E-state index contributed by atoms with van der Waals surface area (Å²) in [5.74, 6) is -4.04. The van der Waals surface area contributed by atoms with Crippen LogP contribution in [-0.2, 0) is 30.4 Å². The molecule has 14 nitrogen and oxygen atoms in total. The number of imidazole rings is 1. The summed E-state index contributed by atoms with van der Waals surface area (Å²) in [5.41, 5.74) is 17.1. The quantitative estimate of drug-likeness (QED) is 0.133. The number of H-pyrrole nitrogens is 1. The number of likely N-dealkylation sites (tertiary alicyclic amines) is 1. The van der Waals surface area contributed by atoms with Gasteiger partial charge in [-0.05, 0) is 32.2 Å². The zero-order valence-electron chi connectivity index (χ0n) is 19.4. The Bertz CT molecular complexity index is 892. The summed E-state index contributed by atoms with van der Waals surface area (Å²) in [6, 6.07) is -4.33. The second-order valence-electron chi connectivity index (χ2n) is 8.49. The lowest BCUT2D eigenvalue weighted by Crippen LogP contribution is -2.57. The molecule has 14 heteroatoms. The van der Waals surface area contributed by atoms with Crippen LogP contribution in [-0.4, -0.2) is 86.8 Å². The van der Waals surface area contributed by atoms with E-state index in [1.165, 1.54) is 17.4 Å². The summed E-state index contributed by atoms with van der Waals surface area (Å²) >= 11 is 0. The van der Waals surface area contributed by atoms with Crippen LogP contribution in [0.1, 0.15) is 44.2 Å². The van der Waals surface area contributed by atoms with Gasteiger partial charge in [0.15, 0.2) is 0 Å². The molecule has 0 bridgehead atoms. The smallest absolute Gasteiger partial charge is 0.326 e. The molecular weight excluding hydrogens is 460 g/mol. The van der Waals surface area contributed by atoms with Crippen molar-refractivity contribution >= 4 is 29.6 Å². The van der Waals surface area contributed by atoms with Crippen LogP contribution in [0.15, 0.2) is 12.5 Å². The van der Waals surface area contributed by atoms with E-state index in [9.17, 15) is 29.1 Å². The third-order valence-corrected chi connectivity index (χ3v) is 5.76. The number of aromatic nitrogens is 2. The molecule has 194 valence electrons. The highest BCUT2D eigenvalue weighted by Gasteiger charge is 2.39. The SMILES string of the molecule is NCCCCC(N)C(=O)NC(Cc1cnc[nH]1)C(=O)N1CCCC1C(=O)NC(CC(N)=O)C(=O)O. The molecule has 0 aromatic carbocycles. The van der Waals surface area contributed by atoms with E-state index in [0.717, 1.165) is 6.42 Å². The van der Waals surface area contributed by atoms with E-state index in [4.69, 9.17) is 17.2 Å². The molecule has 1 aliphatic rings. The number of hydrogen-bond donors (Lipinski definition) is 7. The monoisotopic (exact) mass is 494 g/mol. The second kappa shape index (κ2) is 13.4. The first-order valence-corrected chi connectivity index (χ1v) is 11.5. The van der Waals surface area contributed by atoms with Gasteiger partial charge in [0.25, 0.3) is 0 Å². The highest BCUT2D eigenvalue weighted by Crippen LogP contribution is 2.20. The maximum atomic E-state index is 13.5. The van der Waals surface area contributed by atoms with Crippen molar-refractivity contribution in [2.45, 2.75) is 69.1 Å². The molecule has 10 N–H and O–H groups in total. The number of nitrogens with zero attached hydrogens (tertiary/aromatic N) is 2. The van der Waals surface area contributed by atoms with Crippen LogP contribution in [0, 0.1) is 0 Å². The fourth-order valence-corrected chi connectivity index (χ4v) is 3.91. The number of primary amides is 1. The zero-order chi connectivity index (χ0) is 26.0. The molecule has 4 unspecified atom stereocenters. The lowest BCUT2D eigenvalue weighted by atomic mass is 10.1. The fourth-order valence-electron chi connectivity index (χ4n) is 3.91. The van der Waals surface area contributed by atoms with E-state index in [1.807, 2.05) is 0 Å². The molecule has 35 heavy (non-hydrogen) atoms. The van der Waals surface area contributed by atoms with E-state index in [1.54, 1.807) is 0 Å². The molecule has 1 fully saturated rings. The maximum Gasteiger partial charge on any atom is 0.326 e.